The number of nitrogens with two attached hydrogens (primary N) is 1. The van der Waals surface area contributed by atoms with Gasteiger partial charge in [-0.1, -0.05) is 17.3 Å². The number of rotatable bonds is 4. The Morgan fingerprint density at radius 2 is 2.28 bits per heavy atom. The van der Waals surface area contributed by atoms with Crippen molar-refractivity contribution >= 4 is 17.2 Å². The second kappa shape index (κ2) is 5.55. The maximum Gasteiger partial charge on any atom is 0.170 e. The van der Waals surface area contributed by atoms with Crippen molar-refractivity contribution < 1.29 is 9.94 Å². The molecule has 2 rings (SSSR count). The highest BCUT2D eigenvalue weighted by Crippen LogP contribution is 2.21. The zero-order valence-corrected chi connectivity index (χ0v) is 10.8. The van der Waals surface area contributed by atoms with Gasteiger partial charge in [0.25, 0.3) is 0 Å². The molecule has 0 amide bonds. The highest BCUT2D eigenvalue weighted by molar-refractivity contribution is 7.07. The number of aryl methyl sites for hydroxylation is 1. The molecule has 0 saturated heterocycles. The van der Waals surface area contributed by atoms with Gasteiger partial charge in [-0.05, 0) is 40.9 Å². The zero-order valence-electron chi connectivity index (χ0n) is 9.96. The third kappa shape index (κ3) is 2.81. The van der Waals surface area contributed by atoms with Crippen molar-refractivity contribution in [1.82, 2.24) is 0 Å². The van der Waals surface area contributed by atoms with Gasteiger partial charge in [-0.25, -0.2) is 0 Å². The van der Waals surface area contributed by atoms with Crippen molar-refractivity contribution in [2.24, 2.45) is 10.9 Å². The summed E-state index contributed by atoms with van der Waals surface area (Å²) in [5, 5.41) is 15.7. The number of nitrogens with zero attached hydrogens (tertiary/aromatic N) is 1. The van der Waals surface area contributed by atoms with Crippen molar-refractivity contribution in [1.29, 1.82) is 0 Å². The van der Waals surface area contributed by atoms with E-state index in [-0.39, 0.29) is 5.84 Å². The van der Waals surface area contributed by atoms with Crippen LogP contribution in [0.2, 0.25) is 0 Å². The summed E-state index contributed by atoms with van der Waals surface area (Å²) in [6.07, 6.45) is 0. The second-order valence-electron chi connectivity index (χ2n) is 3.89. The Balaban J connectivity index is 2.16. The van der Waals surface area contributed by atoms with Gasteiger partial charge in [-0.3, -0.25) is 0 Å². The number of hydrogen-bond donors (Lipinski definition) is 2. The topological polar surface area (TPSA) is 67.8 Å². The predicted octanol–water partition coefficient (Wildman–Crippen LogP) is 2.73. The summed E-state index contributed by atoms with van der Waals surface area (Å²) in [5.41, 5.74) is 8.34. The molecule has 0 aliphatic heterocycles. The van der Waals surface area contributed by atoms with Gasteiger partial charge in [-0.2, -0.15) is 11.3 Å². The number of oxime groups is 1. The van der Waals surface area contributed by atoms with E-state index in [2.05, 4.69) is 5.16 Å². The Kier molecular flexibility index (Phi) is 3.84. The maximum atomic E-state index is 8.65. The van der Waals surface area contributed by atoms with E-state index >= 15 is 0 Å². The second-order valence-corrected chi connectivity index (χ2v) is 4.67. The number of hydrogen-bond acceptors (Lipinski definition) is 4. The Hall–Kier alpha value is -2.01. The van der Waals surface area contributed by atoms with Crippen LogP contribution in [0.4, 0.5) is 0 Å². The van der Waals surface area contributed by atoms with Crippen LogP contribution in [0.5, 0.6) is 5.75 Å². The fourth-order valence-electron chi connectivity index (χ4n) is 1.51. The molecule has 94 valence electrons. The van der Waals surface area contributed by atoms with Crippen molar-refractivity contribution in [2.75, 3.05) is 0 Å². The first-order valence-corrected chi connectivity index (χ1v) is 6.37. The zero-order chi connectivity index (χ0) is 13.0. The molecule has 4 nitrogen and oxygen atoms in total. The lowest BCUT2D eigenvalue weighted by molar-refractivity contribution is 0.304. The summed E-state index contributed by atoms with van der Waals surface area (Å²) in [6, 6.07) is 7.47. The number of thiophene rings is 1. The van der Waals surface area contributed by atoms with E-state index in [9.17, 15) is 0 Å². The third-order valence-corrected chi connectivity index (χ3v) is 3.30. The molecule has 0 aliphatic rings. The van der Waals surface area contributed by atoms with Crippen LogP contribution in [0.1, 0.15) is 16.7 Å². The van der Waals surface area contributed by atoms with Crippen molar-refractivity contribution in [3.05, 3.63) is 51.7 Å². The van der Waals surface area contributed by atoms with E-state index in [1.807, 2.05) is 29.8 Å². The Morgan fingerprint density at radius 3 is 2.94 bits per heavy atom. The lowest BCUT2D eigenvalue weighted by atomic mass is 10.1. The molecule has 0 saturated carbocycles. The van der Waals surface area contributed by atoms with Gasteiger partial charge in [0.2, 0.25) is 0 Å². The molecular formula is C13H14N2O2S. The van der Waals surface area contributed by atoms with Gasteiger partial charge < -0.3 is 15.7 Å². The van der Waals surface area contributed by atoms with Gasteiger partial charge in [0.1, 0.15) is 12.4 Å². The van der Waals surface area contributed by atoms with Crippen LogP contribution < -0.4 is 10.5 Å². The lowest BCUT2D eigenvalue weighted by Gasteiger charge is -2.10. The molecule has 0 fully saturated rings. The van der Waals surface area contributed by atoms with Crippen LogP contribution in [-0.2, 0) is 6.61 Å². The predicted molar refractivity (Wildman–Crippen MR) is 72.3 cm³/mol. The molecule has 1 aromatic heterocycles. The first-order chi connectivity index (χ1) is 8.70. The molecule has 0 spiro atoms. The number of benzene rings is 1. The summed E-state index contributed by atoms with van der Waals surface area (Å²) in [7, 11) is 0. The summed E-state index contributed by atoms with van der Waals surface area (Å²) >= 11 is 1.64. The van der Waals surface area contributed by atoms with Crippen LogP contribution in [0, 0.1) is 6.92 Å². The standard InChI is InChI=1S/C13H14N2O2S/c1-9-2-3-11(13(14)15-16)6-12(9)17-7-10-4-5-18-8-10/h2-6,8,16H,7H2,1H3,(H2,14,15). The van der Waals surface area contributed by atoms with Crippen LogP contribution in [0.3, 0.4) is 0 Å². The largest absolute Gasteiger partial charge is 0.489 e. The van der Waals surface area contributed by atoms with Gasteiger partial charge in [-0.15, -0.1) is 0 Å². The molecule has 0 aliphatic carbocycles. The van der Waals surface area contributed by atoms with Crippen LogP contribution in [0.25, 0.3) is 0 Å². The molecule has 0 atom stereocenters. The Labute approximate surface area is 109 Å². The smallest absolute Gasteiger partial charge is 0.170 e. The first kappa shape index (κ1) is 12.4. The molecule has 1 heterocycles. The van der Waals surface area contributed by atoms with Gasteiger partial charge in [0.05, 0.1) is 0 Å². The van der Waals surface area contributed by atoms with E-state index in [0.29, 0.717) is 12.2 Å². The van der Waals surface area contributed by atoms with E-state index < -0.39 is 0 Å². The Morgan fingerprint density at radius 1 is 1.44 bits per heavy atom. The molecule has 18 heavy (non-hydrogen) atoms. The van der Waals surface area contributed by atoms with E-state index in [4.69, 9.17) is 15.7 Å². The summed E-state index contributed by atoms with van der Waals surface area (Å²) in [5.74, 6) is 0.820. The first-order valence-electron chi connectivity index (χ1n) is 5.43. The summed E-state index contributed by atoms with van der Waals surface area (Å²) in [4.78, 5) is 0. The summed E-state index contributed by atoms with van der Waals surface area (Å²) in [6.45, 7) is 2.48. The quantitative estimate of drug-likeness (QED) is 0.385. The Bertz CT molecular complexity index is 550. The van der Waals surface area contributed by atoms with Gasteiger partial charge in [0, 0.05) is 5.56 Å². The van der Waals surface area contributed by atoms with Crippen LogP contribution >= 0.6 is 11.3 Å². The minimum Gasteiger partial charge on any atom is -0.489 e. The minimum atomic E-state index is 0.0791. The highest BCUT2D eigenvalue weighted by atomic mass is 32.1. The average Bonchev–Trinajstić information content (AvgIpc) is 2.90. The normalized spacial score (nSPS) is 11.5. The SMILES string of the molecule is Cc1ccc(/C(N)=N/O)cc1OCc1ccsc1. The third-order valence-electron chi connectivity index (χ3n) is 2.57. The van der Waals surface area contributed by atoms with Crippen molar-refractivity contribution in [3.63, 3.8) is 0 Å². The maximum absolute atomic E-state index is 8.65. The lowest BCUT2D eigenvalue weighted by Crippen LogP contribution is -2.13. The molecule has 2 aromatic rings. The highest BCUT2D eigenvalue weighted by Gasteiger charge is 2.05. The van der Waals surface area contributed by atoms with Crippen molar-refractivity contribution in [2.45, 2.75) is 13.5 Å². The number of amidine groups is 1. The minimum absolute atomic E-state index is 0.0791. The fraction of sp³-hybridized carbons (Fsp3) is 0.154. The van der Waals surface area contributed by atoms with Gasteiger partial charge >= 0.3 is 0 Å². The average molecular weight is 262 g/mol. The molecule has 0 bridgehead atoms. The van der Waals surface area contributed by atoms with E-state index in [0.717, 1.165) is 16.9 Å². The fourth-order valence-corrected chi connectivity index (χ4v) is 2.16. The van der Waals surface area contributed by atoms with Crippen molar-refractivity contribution in [3.8, 4) is 5.75 Å². The monoisotopic (exact) mass is 262 g/mol. The summed E-state index contributed by atoms with van der Waals surface area (Å²) < 4.78 is 5.73. The number of ether oxygens (including phenoxy) is 1. The molecule has 1 aromatic carbocycles. The van der Waals surface area contributed by atoms with Crippen LogP contribution in [-0.4, -0.2) is 11.0 Å². The molecule has 3 N–H and O–H groups in total. The van der Waals surface area contributed by atoms with E-state index in [1.165, 1.54) is 0 Å². The molecular weight excluding hydrogens is 248 g/mol. The molecule has 0 unspecified atom stereocenters. The molecule has 0 radical (unpaired) electrons. The van der Waals surface area contributed by atoms with E-state index in [1.54, 1.807) is 23.5 Å². The van der Waals surface area contributed by atoms with Gasteiger partial charge in [0.15, 0.2) is 5.84 Å². The molecule has 5 heteroatoms. The van der Waals surface area contributed by atoms with Crippen LogP contribution in [0.15, 0.2) is 40.2 Å².